The molecule has 0 heterocycles. The predicted octanol–water partition coefficient (Wildman–Crippen LogP) is 8.61. The molecular weight excluding hydrogens is 670 g/mol. The van der Waals surface area contributed by atoms with Gasteiger partial charge in [-0.2, -0.15) is 6.82 Å². The third kappa shape index (κ3) is 6.65. The molecule has 1 aliphatic rings. The first-order valence-corrected chi connectivity index (χ1v) is 14.6. The van der Waals surface area contributed by atoms with Crippen LogP contribution in [0.5, 0.6) is 0 Å². The lowest BCUT2D eigenvalue weighted by atomic mass is 9.19. The Morgan fingerprint density at radius 1 is 0.717 bits per heavy atom. The Labute approximate surface area is 269 Å². The SMILES string of the molecule is CC(C1=C(/C(=C/[B-](C)(c2c(F)c(F)c(F)c(F)c2F)c2c(F)c(F)c(F)c(F)c2F)c2ccc(C)cc2)C=CC1)=[N+](C)C.ClCCl. The van der Waals surface area contributed by atoms with Gasteiger partial charge in [0.2, 0.25) is 0 Å². The minimum atomic E-state index is -4.13. The summed E-state index contributed by atoms with van der Waals surface area (Å²) in [5.74, 6) is -24.0. The smallest absolute Gasteiger partial charge is 0.200 e. The summed E-state index contributed by atoms with van der Waals surface area (Å²) in [4.78, 5) is 0. The number of alkyl halides is 2. The van der Waals surface area contributed by atoms with E-state index >= 15 is 17.6 Å². The summed E-state index contributed by atoms with van der Waals surface area (Å²) in [6.07, 6.45) is -0.505. The molecule has 0 unspecified atom stereocenters. The third-order valence-corrected chi connectivity index (χ3v) is 7.88. The van der Waals surface area contributed by atoms with Crippen molar-refractivity contribution in [2.24, 2.45) is 0 Å². The first-order chi connectivity index (χ1) is 21.5. The highest BCUT2D eigenvalue weighted by molar-refractivity contribution is 7.05. The van der Waals surface area contributed by atoms with Gasteiger partial charge < -0.3 is 0 Å². The van der Waals surface area contributed by atoms with Gasteiger partial charge in [-0.1, -0.05) is 47.6 Å². The van der Waals surface area contributed by atoms with Gasteiger partial charge in [-0.05, 0) is 24.5 Å². The molecule has 0 atom stereocenters. The standard InChI is InChI=1S/C31H24BF10N.CH2Cl2/c1-14-9-11-16(12-10-14)19(18-8-6-7-17(18)15(2)43(4)5)13-32(3,20-22(33)26(37)30(41)27(38)23(20)34)21-24(35)28(39)31(42)29(40)25(21)36;2-1-3/h6,8-13H,7H2,1-5H3;1H2/b19-13+;. The Balaban J connectivity index is 0.00000185. The number of nitrogens with zero attached hydrogens (tertiary/aromatic N) is 1. The molecule has 0 bridgehead atoms. The zero-order valence-corrected chi connectivity index (χ0v) is 26.5. The average Bonchev–Trinajstić information content (AvgIpc) is 3.50. The second-order valence-corrected chi connectivity index (χ2v) is 11.7. The zero-order chi connectivity index (χ0) is 34.8. The molecule has 0 radical (unpaired) electrons. The highest BCUT2D eigenvalue weighted by Crippen LogP contribution is 2.36. The van der Waals surface area contributed by atoms with Crippen molar-refractivity contribution in [3.8, 4) is 0 Å². The Morgan fingerprint density at radius 3 is 1.46 bits per heavy atom. The fourth-order valence-electron chi connectivity index (χ4n) is 5.39. The van der Waals surface area contributed by atoms with E-state index in [2.05, 4.69) is 0 Å². The Hall–Kier alpha value is -3.51. The first-order valence-electron chi connectivity index (χ1n) is 13.5. The molecule has 0 spiro atoms. The lowest BCUT2D eigenvalue weighted by Gasteiger charge is -2.37. The molecule has 0 fully saturated rings. The van der Waals surface area contributed by atoms with Gasteiger partial charge in [-0.3, -0.25) is 0 Å². The van der Waals surface area contributed by atoms with Crippen molar-refractivity contribution in [1.29, 1.82) is 0 Å². The van der Waals surface area contributed by atoms with E-state index in [1.54, 1.807) is 56.8 Å². The molecule has 0 amide bonds. The molecule has 0 N–H and O–H groups in total. The zero-order valence-electron chi connectivity index (χ0n) is 25.0. The van der Waals surface area contributed by atoms with E-state index in [4.69, 9.17) is 23.2 Å². The number of halogens is 12. The van der Waals surface area contributed by atoms with Crippen LogP contribution in [0.1, 0.15) is 24.5 Å². The molecule has 246 valence electrons. The summed E-state index contributed by atoms with van der Waals surface area (Å²) in [6.45, 7) is 4.18. The number of allylic oxidation sites excluding steroid dienone is 5. The van der Waals surface area contributed by atoms with E-state index in [9.17, 15) is 26.3 Å². The fraction of sp³-hybridized carbons (Fsp3) is 0.219. The largest absolute Gasteiger partial charge is 0.239 e. The van der Waals surface area contributed by atoms with Crippen LogP contribution in [-0.4, -0.2) is 35.9 Å². The maximum absolute atomic E-state index is 15.4. The number of benzene rings is 3. The Morgan fingerprint density at radius 2 is 1.09 bits per heavy atom. The molecular formula is C32H26BCl2F10N. The average molecular weight is 696 g/mol. The minimum Gasteiger partial charge on any atom is -0.239 e. The summed E-state index contributed by atoms with van der Waals surface area (Å²) < 4.78 is 150. The summed E-state index contributed by atoms with van der Waals surface area (Å²) >= 11 is 9.53. The van der Waals surface area contributed by atoms with Gasteiger partial charge in [-0.25, -0.2) is 54.5 Å². The van der Waals surface area contributed by atoms with Gasteiger partial charge in [0.05, 0.1) is 11.5 Å². The molecule has 14 heteroatoms. The van der Waals surface area contributed by atoms with Crippen LogP contribution >= 0.6 is 23.2 Å². The van der Waals surface area contributed by atoms with Crippen LogP contribution in [0.15, 0.2) is 53.5 Å². The van der Waals surface area contributed by atoms with Crippen LogP contribution in [0, 0.1) is 65.1 Å². The van der Waals surface area contributed by atoms with Crippen molar-refractivity contribution >= 4 is 51.6 Å². The summed E-state index contributed by atoms with van der Waals surface area (Å²) in [6, 6.07) is 6.34. The van der Waals surface area contributed by atoms with Gasteiger partial charge in [0.15, 0.2) is 40.6 Å². The van der Waals surface area contributed by atoms with Crippen LogP contribution < -0.4 is 10.9 Å². The third-order valence-electron chi connectivity index (χ3n) is 7.88. The van der Waals surface area contributed by atoms with Crippen molar-refractivity contribution < 1.29 is 48.5 Å². The monoisotopic (exact) mass is 695 g/mol. The molecule has 3 aromatic rings. The highest BCUT2D eigenvalue weighted by Gasteiger charge is 2.39. The van der Waals surface area contributed by atoms with E-state index in [0.29, 0.717) is 30.1 Å². The molecule has 1 aliphatic carbocycles. The van der Waals surface area contributed by atoms with Crippen LogP contribution in [0.25, 0.3) is 5.57 Å². The summed E-state index contributed by atoms with van der Waals surface area (Å²) in [7, 11) is 3.45. The highest BCUT2D eigenvalue weighted by atomic mass is 35.5. The van der Waals surface area contributed by atoms with E-state index in [1.807, 2.05) is 0 Å². The van der Waals surface area contributed by atoms with Crippen molar-refractivity contribution in [3.63, 3.8) is 0 Å². The molecule has 3 aromatic carbocycles. The summed E-state index contributed by atoms with van der Waals surface area (Å²) in [5, 5.41) is 0.194. The van der Waals surface area contributed by atoms with Crippen molar-refractivity contribution in [3.05, 3.63) is 123 Å². The molecule has 4 rings (SSSR count). The Bertz CT molecular complexity index is 1680. The quantitative estimate of drug-likeness (QED) is 0.0462. The fourth-order valence-corrected chi connectivity index (χ4v) is 5.39. The molecule has 0 aromatic heterocycles. The normalized spacial score (nSPS) is 13.3. The van der Waals surface area contributed by atoms with E-state index in [1.165, 1.54) is 12.1 Å². The van der Waals surface area contributed by atoms with E-state index < -0.39 is 75.2 Å². The van der Waals surface area contributed by atoms with Gasteiger partial charge >= 0.3 is 0 Å². The lowest BCUT2D eigenvalue weighted by Crippen LogP contribution is -2.61. The maximum atomic E-state index is 15.4. The number of aryl methyl sites for hydroxylation is 1. The van der Waals surface area contributed by atoms with Crippen LogP contribution in [0.2, 0.25) is 6.82 Å². The van der Waals surface area contributed by atoms with Gasteiger partial charge in [0.1, 0.15) is 37.4 Å². The van der Waals surface area contributed by atoms with Gasteiger partial charge in [0.25, 0.3) is 0 Å². The summed E-state index contributed by atoms with van der Waals surface area (Å²) in [5.41, 5.74) is -0.788. The van der Waals surface area contributed by atoms with E-state index in [-0.39, 0.29) is 16.5 Å². The van der Waals surface area contributed by atoms with Crippen molar-refractivity contribution in [1.82, 2.24) is 0 Å². The maximum Gasteiger partial charge on any atom is 0.200 e. The molecule has 0 saturated carbocycles. The second kappa shape index (κ2) is 14.5. The van der Waals surface area contributed by atoms with Crippen LogP contribution in [0.4, 0.5) is 43.9 Å². The lowest BCUT2D eigenvalue weighted by molar-refractivity contribution is -0.464. The number of hydrogen-bond acceptors (Lipinski definition) is 0. The second-order valence-electron chi connectivity index (χ2n) is 10.9. The molecule has 46 heavy (non-hydrogen) atoms. The van der Waals surface area contributed by atoms with Gasteiger partial charge in [-0.15, -0.1) is 34.1 Å². The molecule has 0 saturated heterocycles. The van der Waals surface area contributed by atoms with Crippen molar-refractivity contribution in [2.75, 3.05) is 19.4 Å². The van der Waals surface area contributed by atoms with Crippen LogP contribution in [0.3, 0.4) is 0 Å². The first kappa shape index (κ1) is 37.0. The molecule has 1 nitrogen and oxygen atoms in total. The molecule has 0 aliphatic heterocycles. The topological polar surface area (TPSA) is 3.01 Å². The predicted molar refractivity (Wildman–Crippen MR) is 163 cm³/mol. The van der Waals surface area contributed by atoms with E-state index in [0.717, 1.165) is 11.5 Å². The van der Waals surface area contributed by atoms with Crippen molar-refractivity contribution in [2.45, 2.75) is 27.1 Å². The Kier molecular flexibility index (Phi) is 11.7. The van der Waals surface area contributed by atoms with Gasteiger partial charge in [0, 0.05) is 12.5 Å². The number of rotatable bonds is 6. The van der Waals surface area contributed by atoms with Crippen LogP contribution in [-0.2, 0) is 0 Å². The number of hydrogen-bond donors (Lipinski definition) is 0. The minimum absolute atomic E-state index is 0.000308.